The summed E-state index contributed by atoms with van der Waals surface area (Å²) in [7, 11) is 0. The first-order chi connectivity index (χ1) is 14.7. The molecule has 0 spiro atoms. The molecule has 30 heavy (non-hydrogen) atoms. The first-order valence-electron chi connectivity index (χ1n) is 9.85. The van der Waals surface area contributed by atoms with E-state index in [4.69, 9.17) is 4.74 Å². The van der Waals surface area contributed by atoms with Crippen LogP contribution < -0.4 is 10.2 Å². The fraction of sp³-hybridized carbons (Fsp3) is 0.174. The number of nitrogens with zero attached hydrogens (tertiary/aromatic N) is 2. The van der Waals surface area contributed by atoms with Gasteiger partial charge in [0.15, 0.2) is 0 Å². The Balaban J connectivity index is 1.49. The van der Waals surface area contributed by atoms with Crippen LogP contribution in [0.3, 0.4) is 0 Å². The Morgan fingerprint density at radius 3 is 2.87 bits per heavy atom. The second kappa shape index (κ2) is 8.65. The first-order valence-corrected chi connectivity index (χ1v) is 9.85. The van der Waals surface area contributed by atoms with Crippen LogP contribution >= 0.6 is 0 Å². The zero-order chi connectivity index (χ0) is 20.9. The number of hydrogen-bond donors (Lipinski definition) is 3. The van der Waals surface area contributed by atoms with Crippen molar-refractivity contribution in [3.63, 3.8) is 0 Å². The molecule has 0 aliphatic carbocycles. The molecule has 0 aliphatic heterocycles. The molecule has 152 valence electrons. The van der Waals surface area contributed by atoms with E-state index in [1.54, 1.807) is 12.3 Å². The van der Waals surface area contributed by atoms with Crippen molar-refractivity contribution in [3.05, 3.63) is 71.5 Å². The van der Waals surface area contributed by atoms with Gasteiger partial charge in [0, 0.05) is 27.7 Å². The highest BCUT2D eigenvalue weighted by Crippen LogP contribution is 2.28. The molecule has 7 nitrogen and oxygen atoms in total. The Labute approximate surface area is 174 Å². The number of rotatable bonds is 7. The van der Waals surface area contributed by atoms with Gasteiger partial charge in [0.25, 0.3) is 5.91 Å². The Bertz CT molecular complexity index is 1210. The van der Waals surface area contributed by atoms with Gasteiger partial charge in [-0.1, -0.05) is 37.3 Å². The normalized spacial score (nSPS) is 11.3. The molecule has 1 amide bonds. The molecule has 0 bridgehead atoms. The Kier molecular flexibility index (Phi) is 5.61. The Morgan fingerprint density at radius 1 is 1.20 bits per heavy atom. The molecule has 4 aromatic rings. The van der Waals surface area contributed by atoms with Gasteiger partial charge in [0.2, 0.25) is 0 Å². The second-order valence-electron chi connectivity index (χ2n) is 6.92. The van der Waals surface area contributed by atoms with Crippen molar-refractivity contribution in [3.8, 4) is 17.0 Å². The van der Waals surface area contributed by atoms with Gasteiger partial charge in [-0.2, -0.15) is 10.2 Å². The lowest BCUT2D eigenvalue weighted by Crippen LogP contribution is -2.18. The molecule has 0 unspecified atom stereocenters. The van der Waals surface area contributed by atoms with Gasteiger partial charge >= 0.3 is 0 Å². The van der Waals surface area contributed by atoms with Gasteiger partial charge in [-0.05, 0) is 37.6 Å². The molecule has 0 radical (unpaired) electrons. The Hall–Kier alpha value is -3.87. The summed E-state index contributed by atoms with van der Waals surface area (Å²) in [6.07, 6.45) is 2.56. The summed E-state index contributed by atoms with van der Waals surface area (Å²) in [5.74, 6) is 0.375. The number of ether oxygens (including phenoxy) is 1. The number of nitrogens with one attached hydrogen (secondary N) is 3. The molecule has 7 heteroatoms. The molecular formula is C23H23N5O2. The topological polar surface area (TPSA) is 95.2 Å². The summed E-state index contributed by atoms with van der Waals surface area (Å²) < 4.78 is 5.78. The van der Waals surface area contributed by atoms with Crippen LogP contribution in [-0.4, -0.2) is 33.9 Å². The lowest BCUT2D eigenvalue weighted by molar-refractivity contribution is 0.0950. The molecule has 0 fully saturated rings. The highest BCUT2D eigenvalue weighted by molar-refractivity contribution is 6.01. The SMILES string of the molecule is CCCOc1ccccc1-c1cc(C(=O)N/N=C/c2c(C)[nH]c3ccccc23)[nH]n1. The van der Waals surface area contributed by atoms with Gasteiger partial charge in [0.1, 0.15) is 11.4 Å². The number of amides is 1. The third kappa shape index (κ3) is 3.96. The number of benzene rings is 2. The smallest absolute Gasteiger partial charge is 0.289 e. The minimum Gasteiger partial charge on any atom is -0.493 e. The van der Waals surface area contributed by atoms with E-state index in [1.165, 1.54) is 0 Å². The summed E-state index contributed by atoms with van der Waals surface area (Å²) in [6.45, 7) is 4.65. The van der Waals surface area contributed by atoms with Crippen molar-refractivity contribution < 1.29 is 9.53 Å². The standard InChI is InChI=1S/C23H23N5O2/c1-3-12-30-22-11-7-5-9-17(22)20-13-21(27-26-20)23(29)28-24-14-18-15(2)25-19-10-6-4-8-16(18)19/h4-11,13-14,25H,3,12H2,1-2H3,(H,26,27)(H,28,29)/b24-14+. The third-order valence-electron chi connectivity index (χ3n) is 4.75. The zero-order valence-corrected chi connectivity index (χ0v) is 16.9. The summed E-state index contributed by atoms with van der Waals surface area (Å²) in [5, 5.41) is 12.2. The van der Waals surface area contributed by atoms with E-state index in [1.807, 2.05) is 55.5 Å². The van der Waals surface area contributed by atoms with Crippen LogP contribution in [0.5, 0.6) is 5.75 Å². The first kappa shape index (κ1) is 19.4. The number of aromatic nitrogens is 3. The predicted octanol–water partition coefficient (Wildman–Crippen LogP) is 4.42. The number of hydrogen-bond acceptors (Lipinski definition) is 4. The molecule has 2 aromatic heterocycles. The van der Waals surface area contributed by atoms with E-state index in [0.717, 1.165) is 39.9 Å². The van der Waals surface area contributed by atoms with Crippen molar-refractivity contribution in [1.29, 1.82) is 0 Å². The lowest BCUT2D eigenvalue weighted by Gasteiger charge is -2.08. The molecule has 3 N–H and O–H groups in total. The monoisotopic (exact) mass is 401 g/mol. The van der Waals surface area contributed by atoms with E-state index in [-0.39, 0.29) is 5.91 Å². The van der Waals surface area contributed by atoms with Crippen LogP contribution in [0.2, 0.25) is 0 Å². The summed E-state index contributed by atoms with van der Waals surface area (Å²) in [5.41, 5.74) is 7.32. The molecular weight excluding hydrogens is 378 g/mol. The van der Waals surface area contributed by atoms with E-state index >= 15 is 0 Å². The van der Waals surface area contributed by atoms with Crippen molar-refractivity contribution >= 4 is 23.0 Å². The average Bonchev–Trinajstić information content (AvgIpc) is 3.37. The molecule has 2 heterocycles. The van der Waals surface area contributed by atoms with Gasteiger partial charge in [-0.15, -0.1) is 0 Å². The average molecular weight is 401 g/mol. The van der Waals surface area contributed by atoms with Crippen LogP contribution in [-0.2, 0) is 0 Å². The van der Waals surface area contributed by atoms with Gasteiger partial charge < -0.3 is 9.72 Å². The predicted molar refractivity (Wildman–Crippen MR) is 118 cm³/mol. The minimum atomic E-state index is -0.366. The highest BCUT2D eigenvalue weighted by atomic mass is 16.5. The van der Waals surface area contributed by atoms with Gasteiger partial charge in [-0.3, -0.25) is 9.89 Å². The van der Waals surface area contributed by atoms with Crippen LogP contribution in [0, 0.1) is 6.92 Å². The summed E-state index contributed by atoms with van der Waals surface area (Å²) in [6, 6.07) is 17.3. The van der Waals surface area contributed by atoms with Gasteiger partial charge in [0.05, 0.1) is 18.5 Å². The van der Waals surface area contributed by atoms with Crippen LogP contribution in [0.4, 0.5) is 0 Å². The third-order valence-corrected chi connectivity index (χ3v) is 4.75. The number of aryl methyl sites for hydroxylation is 1. The molecule has 4 rings (SSSR count). The fourth-order valence-electron chi connectivity index (χ4n) is 3.27. The largest absolute Gasteiger partial charge is 0.493 e. The number of para-hydroxylation sites is 2. The van der Waals surface area contributed by atoms with Crippen LogP contribution in [0.1, 0.15) is 35.1 Å². The molecule has 0 saturated carbocycles. The van der Waals surface area contributed by atoms with E-state index in [2.05, 4.69) is 32.6 Å². The highest BCUT2D eigenvalue weighted by Gasteiger charge is 2.14. The van der Waals surface area contributed by atoms with E-state index in [0.29, 0.717) is 18.0 Å². The molecule has 0 aliphatic rings. The maximum absolute atomic E-state index is 12.5. The lowest BCUT2D eigenvalue weighted by atomic mass is 10.1. The maximum Gasteiger partial charge on any atom is 0.289 e. The molecule has 0 saturated heterocycles. The van der Waals surface area contributed by atoms with Crippen molar-refractivity contribution in [2.75, 3.05) is 6.61 Å². The number of hydrazone groups is 1. The molecule has 2 aromatic carbocycles. The van der Waals surface area contributed by atoms with E-state index in [9.17, 15) is 4.79 Å². The fourth-order valence-corrected chi connectivity index (χ4v) is 3.27. The second-order valence-corrected chi connectivity index (χ2v) is 6.92. The van der Waals surface area contributed by atoms with Crippen LogP contribution in [0.15, 0.2) is 59.7 Å². The van der Waals surface area contributed by atoms with Crippen molar-refractivity contribution in [1.82, 2.24) is 20.6 Å². The van der Waals surface area contributed by atoms with Crippen molar-refractivity contribution in [2.45, 2.75) is 20.3 Å². The zero-order valence-electron chi connectivity index (χ0n) is 16.9. The molecule has 0 atom stereocenters. The number of aromatic amines is 2. The Morgan fingerprint density at radius 2 is 2.00 bits per heavy atom. The number of H-pyrrole nitrogens is 2. The maximum atomic E-state index is 12.5. The van der Waals surface area contributed by atoms with Gasteiger partial charge in [-0.25, -0.2) is 5.43 Å². The van der Waals surface area contributed by atoms with E-state index < -0.39 is 0 Å². The minimum absolute atomic E-state index is 0.322. The van der Waals surface area contributed by atoms with Crippen LogP contribution in [0.25, 0.3) is 22.2 Å². The number of carbonyl (C=O) groups is 1. The number of carbonyl (C=O) groups excluding carboxylic acids is 1. The number of fused-ring (bicyclic) bond motifs is 1. The summed E-state index contributed by atoms with van der Waals surface area (Å²) in [4.78, 5) is 15.8. The summed E-state index contributed by atoms with van der Waals surface area (Å²) >= 11 is 0. The van der Waals surface area contributed by atoms with Crippen molar-refractivity contribution in [2.24, 2.45) is 5.10 Å². The quantitative estimate of drug-likeness (QED) is 0.316.